The van der Waals surface area contributed by atoms with E-state index in [4.69, 9.17) is 0 Å². The molecule has 20 heavy (non-hydrogen) atoms. The van der Waals surface area contributed by atoms with Crippen molar-refractivity contribution in [3.63, 3.8) is 0 Å². The summed E-state index contributed by atoms with van der Waals surface area (Å²) in [5.41, 5.74) is 7.20. The van der Waals surface area contributed by atoms with E-state index < -0.39 is 0 Å². The third kappa shape index (κ3) is 2.80. The molecular formula is C20H26. The molecule has 0 nitrogen and oxygen atoms in total. The van der Waals surface area contributed by atoms with Gasteiger partial charge in [-0.3, -0.25) is 0 Å². The molecule has 0 heteroatoms. The lowest BCUT2D eigenvalue weighted by Gasteiger charge is -2.24. The van der Waals surface area contributed by atoms with Gasteiger partial charge in [0.2, 0.25) is 0 Å². The van der Waals surface area contributed by atoms with Crippen LogP contribution in [0.2, 0.25) is 0 Å². The Kier molecular flexibility index (Phi) is 4.04. The summed E-state index contributed by atoms with van der Waals surface area (Å²) in [7, 11) is 0. The van der Waals surface area contributed by atoms with E-state index in [1.807, 2.05) is 0 Å². The topological polar surface area (TPSA) is 0 Å². The first-order valence-corrected chi connectivity index (χ1v) is 7.51. The van der Waals surface area contributed by atoms with Gasteiger partial charge in [-0.15, -0.1) is 0 Å². The van der Waals surface area contributed by atoms with Crippen molar-refractivity contribution in [3.05, 3.63) is 59.2 Å². The molecule has 106 valence electrons. The highest BCUT2D eigenvalue weighted by Crippen LogP contribution is 2.36. The number of hydrogen-bond donors (Lipinski definition) is 0. The van der Waals surface area contributed by atoms with E-state index in [0.717, 1.165) is 0 Å². The molecule has 2 aromatic rings. The van der Waals surface area contributed by atoms with Crippen LogP contribution in [0.15, 0.2) is 42.5 Å². The lowest BCUT2D eigenvalue weighted by Crippen LogP contribution is -2.13. The molecule has 0 spiro atoms. The Balaban J connectivity index is 2.67. The third-order valence-corrected chi connectivity index (χ3v) is 4.02. The summed E-state index contributed by atoms with van der Waals surface area (Å²) < 4.78 is 0. The van der Waals surface area contributed by atoms with Crippen LogP contribution in [0.25, 0.3) is 11.1 Å². The molecular weight excluding hydrogens is 240 g/mol. The van der Waals surface area contributed by atoms with Gasteiger partial charge < -0.3 is 0 Å². The van der Waals surface area contributed by atoms with Gasteiger partial charge in [-0.1, -0.05) is 77.1 Å². The number of hydrogen-bond acceptors (Lipinski definition) is 0. The Morgan fingerprint density at radius 2 is 1.40 bits per heavy atom. The van der Waals surface area contributed by atoms with Gasteiger partial charge in [-0.2, -0.15) is 0 Å². The molecule has 0 aromatic heterocycles. The lowest BCUT2D eigenvalue weighted by molar-refractivity contribution is 0.592. The van der Waals surface area contributed by atoms with E-state index in [-0.39, 0.29) is 5.41 Å². The second-order valence-corrected chi connectivity index (χ2v) is 6.97. The molecule has 0 aliphatic rings. The van der Waals surface area contributed by atoms with E-state index in [0.29, 0.717) is 5.92 Å². The SMILES string of the molecule is Cc1c(-c2ccccc2C(C)(C)C)cccc1C(C)C. The molecule has 0 saturated carbocycles. The van der Waals surface area contributed by atoms with Crippen LogP contribution in [0.4, 0.5) is 0 Å². The van der Waals surface area contributed by atoms with Gasteiger partial charge >= 0.3 is 0 Å². The molecule has 2 aromatic carbocycles. The summed E-state index contributed by atoms with van der Waals surface area (Å²) >= 11 is 0. The van der Waals surface area contributed by atoms with Crippen LogP contribution < -0.4 is 0 Å². The van der Waals surface area contributed by atoms with Gasteiger partial charge in [0, 0.05) is 0 Å². The first-order valence-electron chi connectivity index (χ1n) is 7.51. The minimum Gasteiger partial charge on any atom is -0.0619 e. The molecule has 0 aliphatic carbocycles. The zero-order chi connectivity index (χ0) is 14.9. The zero-order valence-electron chi connectivity index (χ0n) is 13.6. The second-order valence-electron chi connectivity index (χ2n) is 6.97. The summed E-state index contributed by atoms with van der Waals surface area (Å²) in [4.78, 5) is 0. The molecule has 0 radical (unpaired) electrons. The fraction of sp³-hybridized carbons (Fsp3) is 0.400. The maximum atomic E-state index is 2.29. The van der Waals surface area contributed by atoms with Crippen molar-refractivity contribution in [3.8, 4) is 11.1 Å². The maximum absolute atomic E-state index is 2.29. The molecule has 0 atom stereocenters. The molecule has 0 fully saturated rings. The Bertz CT molecular complexity index is 598. The zero-order valence-corrected chi connectivity index (χ0v) is 13.6. The molecule has 0 bridgehead atoms. The second kappa shape index (κ2) is 5.44. The monoisotopic (exact) mass is 266 g/mol. The van der Waals surface area contributed by atoms with Gasteiger partial charge in [0.05, 0.1) is 0 Å². The van der Waals surface area contributed by atoms with Gasteiger partial charge in [0.15, 0.2) is 0 Å². The van der Waals surface area contributed by atoms with Crippen LogP contribution in [-0.4, -0.2) is 0 Å². The van der Waals surface area contributed by atoms with Crippen molar-refractivity contribution in [2.45, 2.75) is 52.9 Å². The molecule has 0 heterocycles. The van der Waals surface area contributed by atoms with Gasteiger partial charge in [-0.25, -0.2) is 0 Å². The van der Waals surface area contributed by atoms with Crippen molar-refractivity contribution in [1.29, 1.82) is 0 Å². The van der Waals surface area contributed by atoms with Gasteiger partial charge in [0.25, 0.3) is 0 Å². The Morgan fingerprint density at radius 3 is 2.00 bits per heavy atom. The Hall–Kier alpha value is -1.56. The summed E-state index contributed by atoms with van der Waals surface area (Å²) in [6.45, 7) is 13.6. The molecule has 0 amide bonds. The van der Waals surface area contributed by atoms with Crippen molar-refractivity contribution >= 4 is 0 Å². The number of benzene rings is 2. The third-order valence-electron chi connectivity index (χ3n) is 4.02. The summed E-state index contributed by atoms with van der Waals surface area (Å²) in [5.74, 6) is 0.566. The van der Waals surface area contributed by atoms with Crippen molar-refractivity contribution < 1.29 is 0 Å². The fourth-order valence-corrected chi connectivity index (χ4v) is 2.94. The first-order chi connectivity index (χ1) is 9.32. The average Bonchev–Trinajstić information content (AvgIpc) is 2.37. The van der Waals surface area contributed by atoms with Crippen LogP contribution in [0.5, 0.6) is 0 Å². The van der Waals surface area contributed by atoms with Crippen LogP contribution in [0, 0.1) is 6.92 Å². The van der Waals surface area contributed by atoms with Crippen LogP contribution in [0.1, 0.15) is 57.2 Å². The van der Waals surface area contributed by atoms with E-state index in [2.05, 4.69) is 84.0 Å². The standard InChI is InChI=1S/C20H26/c1-14(2)16-11-9-12-17(15(16)3)18-10-7-8-13-19(18)20(4,5)6/h7-14H,1-6H3. The minimum atomic E-state index is 0.164. The highest BCUT2D eigenvalue weighted by Gasteiger charge is 2.19. The highest BCUT2D eigenvalue weighted by atomic mass is 14.2. The van der Waals surface area contributed by atoms with E-state index in [9.17, 15) is 0 Å². The summed E-state index contributed by atoms with van der Waals surface area (Å²) in [6.07, 6.45) is 0. The normalized spacial score (nSPS) is 11.9. The average molecular weight is 266 g/mol. The van der Waals surface area contributed by atoms with Crippen molar-refractivity contribution in [1.82, 2.24) is 0 Å². The molecule has 0 unspecified atom stereocenters. The first kappa shape index (κ1) is 14.8. The van der Waals surface area contributed by atoms with Crippen LogP contribution in [-0.2, 0) is 5.41 Å². The molecule has 0 aliphatic heterocycles. The quantitative estimate of drug-likeness (QED) is 0.617. The van der Waals surface area contributed by atoms with Crippen LogP contribution >= 0.6 is 0 Å². The predicted molar refractivity (Wildman–Crippen MR) is 89.4 cm³/mol. The summed E-state index contributed by atoms with van der Waals surface area (Å²) in [6, 6.07) is 15.5. The van der Waals surface area contributed by atoms with Crippen molar-refractivity contribution in [2.75, 3.05) is 0 Å². The van der Waals surface area contributed by atoms with Gasteiger partial charge in [0.1, 0.15) is 0 Å². The minimum absolute atomic E-state index is 0.164. The van der Waals surface area contributed by atoms with E-state index in [1.54, 1.807) is 0 Å². The summed E-state index contributed by atoms with van der Waals surface area (Å²) in [5, 5.41) is 0. The van der Waals surface area contributed by atoms with Gasteiger partial charge in [-0.05, 0) is 46.1 Å². The molecule has 0 saturated heterocycles. The number of rotatable bonds is 2. The predicted octanol–water partition coefficient (Wildman–Crippen LogP) is 6.08. The smallest absolute Gasteiger partial charge is 0.0126 e. The van der Waals surface area contributed by atoms with E-state index >= 15 is 0 Å². The Labute approximate surface area is 123 Å². The lowest BCUT2D eigenvalue weighted by atomic mass is 9.80. The highest BCUT2D eigenvalue weighted by molar-refractivity contribution is 5.73. The maximum Gasteiger partial charge on any atom is -0.0126 e. The fourth-order valence-electron chi connectivity index (χ4n) is 2.94. The van der Waals surface area contributed by atoms with E-state index in [1.165, 1.54) is 27.8 Å². The Morgan fingerprint density at radius 1 is 0.800 bits per heavy atom. The van der Waals surface area contributed by atoms with Crippen LogP contribution in [0.3, 0.4) is 0 Å². The molecule has 2 rings (SSSR count). The van der Waals surface area contributed by atoms with Crippen molar-refractivity contribution in [2.24, 2.45) is 0 Å². The largest absolute Gasteiger partial charge is 0.0619 e. The molecule has 0 N–H and O–H groups in total.